The van der Waals surface area contributed by atoms with Crippen LogP contribution in [0.25, 0.3) is 0 Å². The summed E-state index contributed by atoms with van der Waals surface area (Å²) in [5, 5.41) is 23.4. The lowest BCUT2D eigenvalue weighted by atomic mass is 10.1. The molecule has 0 saturated heterocycles. The number of sulfone groups is 1. The lowest BCUT2D eigenvalue weighted by Crippen LogP contribution is -2.45. The molecule has 2 rings (SSSR count). The number of anilines is 1. The van der Waals surface area contributed by atoms with Crippen LogP contribution in [0.3, 0.4) is 0 Å². The molecule has 12 heteroatoms. The van der Waals surface area contributed by atoms with Gasteiger partial charge in [0.15, 0.2) is 15.4 Å². The summed E-state index contributed by atoms with van der Waals surface area (Å²) >= 11 is 4.46. The summed E-state index contributed by atoms with van der Waals surface area (Å²) in [5.41, 5.74) is -4.60. The average molecular weight is 469 g/mol. The van der Waals surface area contributed by atoms with Gasteiger partial charge in [-0.1, -0.05) is 6.07 Å². The third-order valence-electron chi connectivity index (χ3n) is 4.02. The zero-order chi connectivity index (χ0) is 23.4. The molecule has 31 heavy (non-hydrogen) atoms. The first kappa shape index (κ1) is 24.2. The van der Waals surface area contributed by atoms with Crippen LogP contribution in [0.15, 0.2) is 52.4 Å². The largest absolute Gasteiger partial charge is 0.417 e. The van der Waals surface area contributed by atoms with Crippen molar-refractivity contribution in [2.75, 3.05) is 11.1 Å². The van der Waals surface area contributed by atoms with E-state index in [-0.39, 0.29) is 16.3 Å². The Kier molecular flexibility index (Phi) is 6.98. The molecular formula is C19H14F3N3O4S2. The van der Waals surface area contributed by atoms with Crippen molar-refractivity contribution in [3.8, 4) is 6.07 Å². The molecule has 0 heterocycles. The first-order valence-electron chi connectivity index (χ1n) is 8.36. The molecule has 0 aliphatic rings. The molecule has 1 atom stereocenters. The molecule has 162 valence electrons. The zero-order valence-electron chi connectivity index (χ0n) is 15.8. The van der Waals surface area contributed by atoms with Crippen molar-refractivity contribution in [3.05, 3.63) is 53.6 Å². The number of nitrogens with one attached hydrogen (secondary N) is 1. The molecule has 0 fully saturated rings. The van der Waals surface area contributed by atoms with Crippen LogP contribution in [-0.2, 0) is 20.8 Å². The smallest absolute Gasteiger partial charge is 0.379 e. The van der Waals surface area contributed by atoms with Crippen molar-refractivity contribution in [1.82, 2.24) is 0 Å². The Balaban J connectivity index is 2.28. The second-order valence-corrected chi connectivity index (χ2v) is 8.73. The van der Waals surface area contributed by atoms with Crippen molar-refractivity contribution in [2.24, 2.45) is 4.99 Å². The number of rotatable bonds is 6. The quantitative estimate of drug-likeness (QED) is 0.494. The first-order valence-corrected chi connectivity index (χ1v) is 10.4. The molecule has 0 unspecified atom stereocenters. The van der Waals surface area contributed by atoms with Crippen LogP contribution >= 0.6 is 12.2 Å². The van der Waals surface area contributed by atoms with Crippen LogP contribution in [0.1, 0.15) is 18.1 Å². The number of thiocarbonyl (C=S) groups is 1. The summed E-state index contributed by atoms with van der Waals surface area (Å²) in [4.78, 5) is 15.8. The van der Waals surface area contributed by atoms with E-state index in [0.29, 0.717) is 6.07 Å². The number of carbonyl (C=O) groups excluding carboxylic acids is 1. The van der Waals surface area contributed by atoms with Crippen LogP contribution in [0, 0.1) is 11.3 Å². The van der Waals surface area contributed by atoms with Gasteiger partial charge in [0.1, 0.15) is 0 Å². The van der Waals surface area contributed by atoms with E-state index in [1.165, 1.54) is 30.3 Å². The number of halogens is 3. The number of aliphatic imine (C=N–C) groups is 1. The standard InChI is InChI=1S/C19H14F3N3O4S2/c1-18(27,10-31(28,29)15-4-2-3-13(7-15)24-11-30)17(26)25-14-6-5-12(9-23)16(8-14)19(20,21)22/h2-8,27H,10H2,1H3,(H,25,26)/t18-/m0/s1. The van der Waals surface area contributed by atoms with Crippen molar-refractivity contribution >= 4 is 44.5 Å². The van der Waals surface area contributed by atoms with Crippen molar-refractivity contribution in [3.63, 3.8) is 0 Å². The maximum atomic E-state index is 13.1. The van der Waals surface area contributed by atoms with Gasteiger partial charge in [0.05, 0.1) is 38.7 Å². The van der Waals surface area contributed by atoms with Crippen LogP contribution < -0.4 is 5.32 Å². The summed E-state index contributed by atoms with van der Waals surface area (Å²) in [7, 11) is -4.19. The Morgan fingerprint density at radius 1 is 1.26 bits per heavy atom. The van der Waals surface area contributed by atoms with Gasteiger partial charge in [-0.05, 0) is 55.5 Å². The van der Waals surface area contributed by atoms with E-state index in [4.69, 9.17) is 5.26 Å². The highest BCUT2D eigenvalue weighted by atomic mass is 32.2. The highest BCUT2D eigenvalue weighted by Gasteiger charge is 2.38. The number of nitriles is 1. The minimum Gasteiger partial charge on any atom is -0.379 e. The van der Waals surface area contributed by atoms with Gasteiger partial charge in [0.25, 0.3) is 5.91 Å². The van der Waals surface area contributed by atoms with Gasteiger partial charge < -0.3 is 10.4 Å². The van der Waals surface area contributed by atoms with Crippen molar-refractivity contribution in [2.45, 2.75) is 23.6 Å². The number of carbonyl (C=O) groups is 1. The molecule has 0 spiro atoms. The number of isothiocyanates is 1. The highest BCUT2D eigenvalue weighted by Crippen LogP contribution is 2.33. The maximum Gasteiger partial charge on any atom is 0.417 e. The van der Waals surface area contributed by atoms with Gasteiger partial charge >= 0.3 is 6.18 Å². The minimum atomic E-state index is -4.85. The van der Waals surface area contributed by atoms with Gasteiger partial charge in [-0.2, -0.15) is 23.4 Å². The molecule has 0 aromatic heterocycles. The van der Waals surface area contributed by atoms with Gasteiger partial charge in [0.2, 0.25) is 0 Å². The molecule has 2 aromatic carbocycles. The third-order valence-corrected chi connectivity index (χ3v) is 6.02. The van der Waals surface area contributed by atoms with Crippen LogP contribution in [0.5, 0.6) is 0 Å². The van der Waals surface area contributed by atoms with Crippen LogP contribution in [0.2, 0.25) is 0 Å². The summed E-state index contributed by atoms with van der Waals surface area (Å²) < 4.78 is 64.5. The topological polar surface area (TPSA) is 120 Å². The SMILES string of the molecule is C[C@](O)(CS(=O)(=O)c1cccc(N=C=S)c1)C(=O)Nc1ccc(C#N)c(C(F)(F)F)c1. The zero-order valence-corrected chi connectivity index (χ0v) is 17.4. The molecular weight excluding hydrogens is 455 g/mol. The van der Waals surface area contributed by atoms with E-state index >= 15 is 0 Å². The number of hydrogen-bond donors (Lipinski definition) is 2. The molecule has 2 aromatic rings. The van der Waals surface area contributed by atoms with Crippen LogP contribution in [0.4, 0.5) is 24.5 Å². The Labute approximate surface area is 180 Å². The number of hydrogen-bond acceptors (Lipinski definition) is 7. The number of alkyl halides is 3. The van der Waals surface area contributed by atoms with Crippen molar-refractivity contribution < 1.29 is 31.5 Å². The second kappa shape index (κ2) is 8.95. The maximum absolute atomic E-state index is 13.1. The summed E-state index contributed by atoms with van der Waals surface area (Å²) in [5.74, 6) is -2.30. The van der Waals surface area contributed by atoms with E-state index in [1.54, 1.807) is 0 Å². The fourth-order valence-electron chi connectivity index (χ4n) is 2.54. The number of amides is 1. The van der Waals surface area contributed by atoms with E-state index in [1.807, 2.05) is 5.32 Å². The van der Waals surface area contributed by atoms with Gasteiger partial charge in [0, 0.05) is 5.69 Å². The molecule has 0 saturated carbocycles. The Hall–Kier alpha value is -3.10. The number of benzene rings is 2. The predicted molar refractivity (Wildman–Crippen MR) is 109 cm³/mol. The third kappa shape index (κ3) is 5.96. The van der Waals surface area contributed by atoms with E-state index in [9.17, 15) is 31.5 Å². The average Bonchev–Trinajstić information content (AvgIpc) is 2.67. The molecule has 2 N–H and O–H groups in total. The Morgan fingerprint density at radius 2 is 1.94 bits per heavy atom. The fourth-order valence-corrected chi connectivity index (χ4v) is 4.27. The summed E-state index contributed by atoms with van der Waals surface area (Å²) in [6, 6.07) is 9.03. The van der Waals surface area contributed by atoms with E-state index in [0.717, 1.165) is 19.1 Å². The Morgan fingerprint density at radius 3 is 2.52 bits per heavy atom. The number of nitrogens with zero attached hydrogens (tertiary/aromatic N) is 2. The monoisotopic (exact) mass is 469 g/mol. The highest BCUT2D eigenvalue weighted by molar-refractivity contribution is 7.91. The van der Waals surface area contributed by atoms with Gasteiger partial charge in [-0.3, -0.25) is 4.79 Å². The number of aliphatic hydroxyl groups is 1. The van der Waals surface area contributed by atoms with Gasteiger partial charge in [-0.15, -0.1) is 0 Å². The first-order chi connectivity index (χ1) is 14.3. The lowest BCUT2D eigenvalue weighted by molar-refractivity contribution is -0.137. The molecule has 0 aliphatic carbocycles. The molecule has 7 nitrogen and oxygen atoms in total. The summed E-state index contributed by atoms with van der Waals surface area (Å²) in [6.45, 7) is 0.910. The summed E-state index contributed by atoms with van der Waals surface area (Å²) in [6.07, 6.45) is -4.85. The Bertz CT molecular complexity index is 1210. The molecule has 0 radical (unpaired) electrons. The van der Waals surface area contributed by atoms with Crippen LogP contribution in [-0.4, -0.2) is 35.9 Å². The van der Waals surface area contributed by atoms with Crippen molar-refractivity contribution in [1.29, 1.82) is 5.26 Å². The minimum absolute atomic E-state index is 0.192. The van der Waals surface area contributed by atoms with Gasteiger partial charge in [-0.25, -0.2) is 8.42 Å². The van der Waals surface area contributed by atoms with E-state index < -0.39 is 44.4 Å². The molecule has 0 bridgehead atoms. The normalized spacial score (nSPS) is 13.4. The second-order valence-electron chi connectivity index (χ2n) is 6.56. The lowest BCUT2D eigenvalue weighted by Gasteiger charge is -2.22. The fraction of sp³-hybridized carbons (Fsp3) is 0.211. The molecule has 0 aliphatic heterocycles. The molecule has 1 amide bonds. The predicted octanol–water partition coefficient (Wildman–Crippen LogP) is 3.47. The van der Waals surface area contributed by atoms with E-state index in [2.05, 4.69) is 22.4 Å².